The molecule has 7 heteroatoms. The molecule has 204 valence electrons. The van der Waals surface area contributed by atoms with E-state index in [4.69, 9.17) is 9.47 Å². The highest BCUT2D eigenvalue weighted by molar-refractivity contribution is 6.09. The van der Waals surface area contributed by atoms with Gasteiger partial charge in [0, 0.05) is 0 Å². The van der Waals surface area contributed by atoms with Crippen molar-refractivity contribution in [1.82, 2.24) is 5.32 Å². The summed E-state index contributed by atoms with van der Waals surface area (Å²) in [6, 6.07) is 29.4. The van der Waals surface area contributed by atoms with Crippen LogP contribution in [0.1, 0.15) is 39.1 Å². The molecule has 0 radical (unpaired) electrons. The molecule has 0 spiro atoms. The zero-order valence-corrected chi connectivity index (χ0v) is 22.1. The van der Waals surface area contributed by atoms with E-state index in [9.17, 15) is 14.7 Å². The Kier molecular flexibility index (Phi) is 8.73. The van der Waals surface area contributed by atoms with Crippen LogP contribution in [0.3, 0.4) is 0 Å². The van der Waals surface area contributed by atoms with Gasteiger partial charge in [-0.05, 0) is 78.9 Å². The van der Waals surface area contributed by atoms with Crippen LogP contribution in [0.5, 0.6) is 11.5 Å². The molecule has 1 amide bonds. The Labute approximate surface area is 233 Å². The number of aromatic carboxylic acids is 1. The minimum atomic E-state index is -1.13. The van der Waals surface area contributed by atoms with Gasteiger partial charge in [-0.1, -0.05) is 66.7 Å². The molecule has 0 bridgehead atoms. The molecule has 1 heterocycles. The van der Waals surface area contributed by atoms with Gasteiger partial charge in [-0.15, -0.1) is 0 Å². The van der Waals surface area contributed by atoms with Crippen LogP contribution in [0.2, 0.25) is 0 Å². The van der Waals surface area contributed by atoms with E-state index in [0.29, 0.717) is 24.0 Å². The highest BCUT2D eigenvalue weighted by Gasteiger charge is 2.20. The molecule has 0 atom stereocenters. The molecule has 3 N–H and O–H groups in total. The maximum Gasteiger partial charge on any atom is 0.337 e. The Bertz CT molecular complexity index is 1450. The lowest BCUT2D eigenvalue weighted by Gasteiger charge is -2.23. The molecule has 5 rings (SSSR count). The van der Waals surface area contributed by atoms with E-state index in [-0.39, 0.29) is 23.4 Å². The number of nitrogens with one attached hydrogen (secondary N) is 2. The van der Waals surface area contributed by atoms with Crippen molar-refractivity contribution in [3.8, 4) is 22.6 Å². The number of carbonyl (C=O) groups excluding carboxylic acids is 1. The van der Waals surface area contributed by atoms with Gasteiger partial charge in [0.2, 0.25) is 0 Å². The van der Waals surface area contributed by atoms with Crippen molar-refractivity contribution in [2.24, 2.45) is 5.92 Å². The number of benzene rings is 4. The lowest BCUT2D eigenvalue weighted by molar-refractivity contribution is 0.0698. The molecule has 4 aromatic carbocycles. The molecule has 7 nitrogen and oxygen atoms in total. The minimum Gasteiger partial charge on any atom is -0.493 e. The van der Waals surface area contributed by atoms with E-state index in [1.165, 1.54) is 6.07 Å². The third-order valence-corrected chi connectivity index (χ3v) is 6.98. The van der Waals surface area contributed by atoms with Crippen LogP contribution in [0.15, 0.2) is 97.1 Å². The van der Waals surface area contributed by atoms with Crippen molar-refractivity contribution >= 4 is 17.6 Å². The Balaban J connectivity index is 1.42. The second-order valence-corrected chi connectivity index (χ2v) is 9.82. The predicted molar refractivity (Wildman–Crippen MR) is 155 cm³/mol. The van der Waals surface area contributed by atoms with E-state index < -0.39 is 11.9 Å². The maximum absolute atomic E-state index is 13.7. The van der Waals surface area contributed by atoms with Gasteiger partial charge in [-0.3, -0.25) is 4.79 Å². The molecule has 1 fully saturated rings. The maximum atomic E-state index is 13.7. The summed E-state index contributed by atoms with van der Waals surface area (Å²) in [4.78, 5) is 25.7. The zero-order chi connectivity index (χ0) is 27.7. The number of hydrogen-bond donors (Lipinski definition) is 3. The number of rotatable bonds is 10. The normalized spacial score (nSPS) is 13.4. The molecule has 0 unspecified atom stereocenters. The Morgan fingerprint density at radius 2 is 1.52 bits per heavy atom. The number of amides is 1. The van der Waals surface area contributed by atoms with Crippen LogP contribution in [0, 0.1) is 5.92 Å². The van der Waals surface area contributed by atoms with E-state index in [1.54, 1.807) is 30.3 Å². The summed E-state index contributed by atoms with van der Waals surface area (Å²) in [7, 11) is 0. The molecule has 0 aromatic heterocycles. The van der Waals surface area contributed by atoms with Gasteiger partial charge < -0.3 is 25.2 Å². The smallest absolute Gasteiger partial charge is 0.337 e. The summed E-state index contributed by atoms with van der Waals surface area (Å²) in [5.41, 5.74) is 3.13. The molecule has 1 saturated heterocycles. The molecule has 1 aliphatic rings. The summed E-state index contributed by atoms with van der Waals surface area (Å²) < 4.78 is 12.1. The molecular formula is C33H32N2O5. The predicted octanol–water partition coefficient (Wildman–Crippen LogP) is 6.26. The third-order valence-electron chi connectivity index (χ3n) is 6.98. The largest absolute Gasteiger partial charge is 0.493 e. The molecule has 40 heavy (non-hydrogen) atoms. The number of hydrogen-bond acceptors (Lipinski definition) is 5. The van der Waals surface area contributed by atoms with E-state index in [1.807, 2.05) is 60.7 Å². The van der Waals surface area contributed by atoms with Gasteiger partial charge in [-0.2, -0.15) is 0 Å². The molecule has 4 aromatic rings. The van der Waals surface area contributed by atoms with Gasteiger partial charge in [0.1, 0.15) is 18.1 Å². The first-order valence-corrected chi connectivity index (χ1v) is 13.5. The van der Waals surface area contributed by atoms with Crippen LogP contribution in [0.4, 0.5) is 5.69 Å². The topological polar surface area (TPSA) is 96.9 Å². The number of carbonyl (C=O) groups is 2. The fraction of sp³-hybridized carbons (Fsp3) is 0.212. The van der Waals surface area contributed by atoms with E-state index >= 15 is 0 Å². The second-order valence-electron chi connectivity index (χ2n) is 9.82. The van der Waals surface area contributed by atoms with E-state index in [0.717, 1.165) is 42.6 Å². The number of carboxylic acid groups (broad SMARTS) is 1. The van der Waals surface area contributed by atoms with Gasteiger partial charge in [-0.25, -0.2) is 4.79 Å². The number of carboxylic acids is 1. The molecule has 0 saturated carbocycles. The zero-order valence-electron chi connectivity index (χ0n) is 22.1. The standard InChI is InChI=1S/C33H32N2O5/c36-32(35-30-19-26(11-13-28(30)33(37)38)25-9-5-2-6-10-25)29-20-27(39-21-24-15-17-34-18-16-24)12-14-31(29)40-22-23-7-3-1-4-8-23/h1-14,19-20,24,34H,15-18,21-22H2,(H,35,36)(H,37,38). The summed E-state index contributed by atoms with van der Waals surface area (Å²) >= 11 is 0. The van der Waals surface area contributed by atoms with Crippen LogP contribution >= 0.6 is 0 Å². The van der Waals surface area contributed by atoms with Crippen molar-refractivity contribution in [1.29, 1.82) is 0 Å². The first kappa shape index (κ1) is 27.0. The van der Waals surface area contributed by atoms with Crippen molar-refractivity contribution in [3.63, 3.8) is 0 Å². The summed E-state index contributed by atoms with van der Waals surface area (Å²) in [5.74, 6) is -0.220. The lowest BCUT2D eigenvalue weighted by Crippen LogP contribution is -2.30. The lowest BCUT2D eigenvalue weighted by atomic mass is 9.99. The summed E-state index contributed by atoms with van der Waals surface area (Å²) in [6.07, 6.45) is 2.09. The highest BCUT2D eigenvalue weighted by Crippen LogP contribution is 2.30. The van der Waals surface area contributed by atoms with Gasteiger partial charge in [0.25, 0.3) is 5.91 Å². The van der Waals surface area contributed by atoms with Crippen LogP contribution in [-0.4, -0.2) is 36.7 Å². The van der Waals surface area contributed by atoms with Crippen molar-refractivity contribution in [2.45, 2.75) is 19.4 Å². The summed E-state index contributed by atoms with van der Waals surface area (Å²) in [6.45, 7) is 2.79. The molecule has 0 aliphatic carbocycles. The fourth-order valence-electron chi connectivity index (χ4n) is 4.73. The average molecular weight is 537 g/mol. The second kappa shape index (κ2) is 13.0. The molecule has 1 aliphatic heterocycles. The highest BCUT2D eigenvalue weighted by atomic mass is 16.5. The third kappa shape index (κ3) is 6.87. The van der Waals surface area contributed by atoms with Crippen LogP contribution < -0.4 is 20.1 Å². The number of anilines is 1. The van der Waals surface area contributed by atoms with Crippen molar-refractivity contribution in [3.05, 3.63) is 114 Å². The first-order chi connectivity index (χ1) is 19.6. The average Bonchev–Trinajstić information content (AvgIpc) is 3.00. The van der Waals surface area contributed by atoms with Gasteiger partial charge >= 0.3 is 5.97 Å². The Hall–Kier alpha value is -4.62. The Morgan fingerprint density at radius 3 is 2.25 bits per heavy atom. The number of piperidine rings is 1. The van der Waals surface area contributed by atoms with E-state index in [2.05, 4.69) is 10.6 Å². The monoisotopic (exact) mass is 536 g/mol. The molecular weight excluding hydrogens is 504 g/mol. The van der Waals surface area contributed by atoms with Gasteiger partial charge in [0.05, 0.1) is 23.4 Å². The minimum absolute atomic E-state index is 0.00176. The quantitative estimate of drug-likeness (QED) is 0.221. The SMILES string of the molecule is O=C(O)c1ccc(-c2ccccc2)cc1NC(=O)c1cc(OCC2CCNCC2)ccc1OCc1ccccc1. The van der Waals surface area contributed by atoms with Crippen molar-refractivity contribution in [2.75, 3.05) is 25.0 Å². The van der Waals surface area contributed by atoms with Crippen LogP contribution in [0.25, 0.3) is 11.1 Å². The first-order valence-electron chi connectivity index (χ1n) is 13.5. The summed E-state index contributed by atoms with van der Waals surface area (Å²) in [5, 5.41) is 16.0. The van der Waals surface area contributed by atoms with Gasteiger partial charge in [0.15, 0.2) is 0 Å². The van der Waals surface area contributed by atoms with Crippen molar-refractivity contribution < 1.29 is 24.2 Å². The van der Waals surface area contributed by atoms with Crippen LogP contribution in [-0.2, 0) is 6.61 Å². The fourth-order valence-corrected chi connectivity index (χ4v) is 4.73. The number of ether oxygens (including phenoxy) is 2. The Morgan fingerprint density at radius 1 is 0.800 bits per heavy atom.